The summed E-state index contributed by atoms with van der Waals surface area (Å²) < 4.78 is 0. The van der Waals surface area contributed by atoms with Crippen molar-refractivity contribution < 1.29 is 0 Å². The molecule has 2 aliphatic heterocycles. The second-order valence-electron chi connectivity index (χ2n) is 9.08. The topological polar surface area (TPSA) is 66.0 Å². The molecule has 0 radical (unpaired) electrons. The average molecular weight is 549 g/mol. The van der Waals surface area contributed by atoms with Gasteiger partial charge in [0, 0.05) is 39.8 Å². The lowest BCUT2D eigenvalue weighted by atomic mass is 9.95. The first-order valence-corrected chi connectivity index (χ1v) is 13.6. The molecule has 0 saturated carbocycles. The van der Waals surface area contributed by atoms with Crippen LogP contribution in [0.2, 0.25) is 0 Å². The number of rotatable bonds is 6. The molecule has 6 nitrogen and oxygen atoms in total. The monoisotopic (exact) mass is 548 g/mol. The first-order valence-electron chi connectivity index (χ1n) is 12.4. The molecule has 192 valence electrons. The SMILES string of the molecule is C=C1C=CNc2ncnc(N[C@@H](C)C3=C(Cl)c4cccc(Sc5ccccn5)c4C(=C)N3c3ccccc3)c21. The maximum absolute atomic E-state index is 7.29. The van der Waals surface area contributed by atoms with Gasteiger partial charge in [-0.3, -0.25) is 0 Å². The van der Waals surface area contributed by atoms with Crippen molar-refractivity contribution in [2.75, 3.05) is 15.5 Å². The van der Waals surface area contributed by atoms with Crippen LogP contribution in [0.3, 0.4) is 0 Å². The predicted molar refractivity (Wildman–Crippen MR) is 162 cm³/mol. The van der Waals surface area contributed by atoms with Gasteiger partial charge in [-0.05, 0) is 48.9 Å². The highest BCUT2D eigenvalue weighted by atomic mass is 35.5. The van der Waals surface area contributed by atoms with Gasteiger partial charge in [-0.25, -0.2) is 15.0 Å². The van der Waals surface area contributed by atoms with E-state index in [0.717, 1.165) is 49.3 Å². The zero-order valence-electron chi connectivity index (χ0n) is 21.2. The fourth-order valence-electron chi connectivity index (χ4n) is 4.85. The van der Waals surface area contributed by atoms with Gasteiger partial charge in [0.05, 0.1) is 22.3 Å². The number of pyridine rings is 1. The number of anilines is 3. The third-order valence-corrected chi connectivity index (χ3v) is 8.00. The lowest BCUT2D eigenvalue weighted by molar-refractivity contribution is 0.876. The summed E-state index contributed by atoms with van der Waals surface area (Å²) in [4.78, 5) is 16.6. The Balaban J connectivity index is 1.47. The van der Waals surface area contributed by atoms with Crippen LogP contribution in [0.15, 0.2) is 120 Å². The number of allylic oxidation sites excluding steroid dienone is 2. The number of hydrogen-bond acceptors (Lipinski definition) is 7. The second-order valence-corrected chi connectivity index (χ2v) is 10.5. The molecule has 0 saturated heterocycles. The normalized spacial score (nSPS) is 15.0. The predicted octanol–water partition coefficient (Wildman–Crippen LogP) is 7.87. The number of benzene rings is 2. The summed E-state index contributed by atoms with van der Waals surface area (Å²) in [6.07, 6.45) is 7.06. The molecule has 0 aliphatic carbocycles. The van der Waals surface area contributed by atoms with Gasteiger partial charge in [0.2, 0.25) is 0 Å². The fraction of sp³-hybridized carbons (Fsp3) is 0.0645. The summed E-state index contributed by atoms with van der Waals surface area (Å²) in [5, 5.41) is 8.30. The van der Waals surface area contributed by atoms with E-state index in [0.29, 0.717) is 16.7 Å². The molecule has 39 heavy (non-hydrogen) atoms. The number of aromatic nitrogens is 3. The summed E-state index contributed by atoms with van der Waals surface area (Å²) in [6.45, 7) is 10.8. The molecule has 6 rings (SSSR count). The van der Waals surface area contributed by atoms with E-state index in [1.807, 2.05) is 60.8 Å². The molecule has 2 aromatic heterocycles. The van der Waals surface area contributed by atoms with E-state index < -0.39 is 0 Å². The average Bonchev–Trinajstić information content (AvgIpc) is 2.96. The standard InChI is InChI=1S/C31H25ClN6S/c1-19-15-17-34-30-26(19)31(36-18-35-30)37-20(2)29-28(32)23-12-9-13-24(39-25-14-7-8-16-33-25)27(23)21(3)38(29)22-10-5-4-6-11-22/h4-18,20H,1,3H2,2H3,(H2,34,35,36,37)/t20-/m0/s1. The Hall–Kier alpha value is -4.33. The van der Waals surface area contributed by atoms with Crippen LogP contribution in [0.25, 0.3) is 16.3 Å². The van der Waals surface area contributed by atoms with Gasteiger partial charge >= 0.3 is 0 Å². The van der Waals surface area contributed by atoms with Crippen LogP contribution < -0.4 is 15.5 Å². The highest BCUT2D eigenvalue weighted by Gasteiger charge is 2.33. The summed E-state index contributed by atoms with van der Waals surface area (Å²) >= 11 is 8.89. The highest BCUT2D eigenvalue weighted by Crippen LogP contribution is 2.48. The maximum Gasteiger partial charge on any atom is 0.143 e. The lowest BCUT2D eigenvalue weighted by Gasteiger charge is -2.39. The van der Waals surface area contributed by atoms with Gasteiger partial charge in [-0.2, -0.15) is 0 Å². The van der Waals surface area contributed by atoms with Crippen molar-refractivity contribution in [2.45, 2.75) is 22.9 Å². The first kappa shape index (κ1) is 25.0. The largest absolute Gasteiger partial charge is 0.361 e. The van der Waals surface area contributed by atoms with E-state index >= 15 is 0 Å². The summed E-state index contributed by atoms with van der Waals surface area (Å²) in [5.41, 5.74) is 6.25. The van der Waals surface area contributed by atoms with Crippen molar-refractivity contribution in [2.24, 2.45) is 0 Å². The number of nitrogens with one attached hydrogen (secondary N) is 2. The molecule has 0 spiro atoms. The summed E-state index contributed by atoms with van der Waals surface area (Å²) in [5.74, 6) is 1.39. The van der Waals surface area contributed by atoms with Crippen LogP contribution in [0.4, 0.5) is 17.3 Å². The molecular weight excluding hydrogens is 524 g/mol. The van der Waals surface area contributed by atoms with Crippen LogP contribution in [0.5, 0.6) is 0 Å². The van der Waals surface area contributed by atoms with Gasteiger partial charge in [-0.15, -0.1) is 0 Å². The van der Waals surface area contributed by atoms with Crippen LogP contribution in [0.1, 0.15) is 23.6 Å². The Kier molecular flexibility index (Phi) is 6.69. The molecule has 2 aliphatic rings. The minimum atomic E-state index is -0.243. The highest BCUT2D eigenvalue weighted by molar-refractivity contribution is 7.99. The van der Waals surface area contributed by atoms with Crippen LogP contribution in [0, 0.1) is 0 Å². The van der Waals surface area contributed by atoms with E-state index in [2.05, 4.69) is 68.8 Å². The summed E-state index contributed by atoms with van der Waals surface area (Å²) in [7, 11) is 0. The quantitative estimate of drug-likeness (QED) is 0.254. The zero-order valence-corrected chi connectivity index (χ0v) is 22.8. The number of hydrogen-bond donors (Lipinski definition) is 2. The maximum atomic E-state index is 7.29. The number of halogens is 1. The number of para-hydroxylation sites is 1. The molecule has 0 bridgehead atoms. The fourth-order valence-corrected chi connectivity index (χ4v) is 6.22. The Morgan fingerprint density at radius 1 is 0.949 bits per heavy atom. The van der Waals surface area contributed by atoms with Gasteiger partial charge in [0.1, 0.15) is 23.0 Å². The van der Waals surface area contributed by atoms with Crippen LogP contribution in [-0.4, -0.2) is 21.0 Å². The van der Waals surface area contributed by atoms with E-state index in [-0.39, 0.29) is 6.04 Å². The number of fused-ring (bicyclic) bond motifs is 2. The van der Waals surface area contributed by atoms with Crippen molar-refractivity contribution in [3.63, 3.8) is 0 Å². The Morgan fingerprint density at radius 2 is 1.77 bits per heavy atom. The van der Waals surface area contributed by atoms with Crippen molar-refractivity contribution >= 4 is 57.0 Å². The van der Waals surface area contributed by atoms with E-state index in [4.69, 9.17) is 11.6 Å². The zero-order chi connectivity index (χ0) is 26.9. The molecule has 2 aromatic carbocycles. The van der Waals surface area contributed by atoms with E-state index in [1.165, 1.54) is 6.33 Å². The number of nitrogens with zero attached hydrogens (tertiary/aromatic N) is 4. The third kappa shape index (κ3) is 4.60. The molecule has 0 amide bonds. The van der Waals surface area contributed by atoms with Crippen LogP contribution >= 0.6 is 23.4 Å². The van der Waals surface area contributed by atoms with Gasteiger partial charge < -0.3 is 15.5 Å². The second kappa shape index (κ2) is 10.4. The van der Waals surface area contributed by atoms with E-state index in [9.17, 15) is 0 Å². The Bertz CT molecular complexity index is 1650. The minimum absolute atomic E-state index is 0.243. The molecule has 1 atom stereocenters. The Labute approximate surface area is 236 Å². The molecule has 0 unspecified atom stereocenters. The first-order chi connectivity index (χ1) is 19.0. The molecule has 2 N–H and O–H groups in total. The smallest absolute Gasteiger partial charge is 0.143 e. The van der Waals surface area contributed by atoms with Crippen molar-refractivity contribution in [3.05, 3.63) is 127 Å². The minimum Gasteiger partial charge on any atom is -0.361 e. The molecule has 8 heteroatoms. The third-order valence-electron chi connectivity index (χ3n) is 6.59. The van der Waals surface area contributed by atoms with Gasteiger partial charge in [-0.1, -0.05) is 72.9 Å². The summed E-state index contributed by atoms with van der Waals surface area (Å²) in [6, 6.07) is 22.0. The van der Waals surface area contributed by atoms with Gasteiger partial charge in [0.15, 0.2) is 0 Å². The van der Waals surface area contributed by atoms with Crippen LogP contribution in [-0.2, 0) is 0 Å². The van der Waals surface area contributed by atoms with Gasteiger partial charge in [0.25, 0.3) is 0 Å². The molecular formula is C31H25ClN6S. The van der Waals surface area contributed by atoms with E-state index in [1.54, 1.807) is 18.0 Å². The molecule has 0 fully saturated rings. The molecule has 4 heterocycles. The molecule has 4 aromatic rings. The van der Waals surface area contributed by atoms with Crippen molar-refractivity contribution in [3.8, 4) is 0 Å². The van der Waals surface area contributed by atoms with Crippen molar-refractivity contribution in [1.29, 1.82) is 0 Å². The lowest BCUT2D eigenvalue weighted by Crippen LogP contribution is -2.35. The van der Waals surface area contributed by atoms with Crippen molar-refractivity contribution in [1.82, 2.24) is 15.0 Å². The Morgan fingerprint density at radius 3 is 2.56 bits per heavy atom.